The first-order valence-electron chi connectivity index (χ1n) is 8.85. The molecule has 2 aromatic rings. The van der Waals surface area contributed by atoms with Gasteiger partial charge in [0.2, 0.25) is 5.91 Å². The molecule has 0 bridgehead atoms. The van der Waals surface area contributed by atoms with Gasteiger partial charge in [-0.1, -0.05) is 18.2 Å². The monoisotopic (exact) mass is 382 g/mol. The molecule has 1 aliphatic rings. The lowest BCUT2D eigenvalue weighted by molar-refractivity contribution is -0.124. The van der Waals surface area contributed by atoms with Crippen LogP contribution in [-0.2, 0) is 4.79 Å². The molecule has 6 heteroatoms. The molecule has 5 nitrogen and oxygen atoms in total. The van der Waals surface area contributed by atoms with E-state index in [-0.39, 0.29) is 5.91 Å². The number of hydrogen-bond donors (Lipinski definition) is 1. The summed E-state index contributed by atoms with van der Waals surface area (Å²) in [6.45, 7) is 6.19. The fourth-order valence-electron chi connectivity index (χ4n) is 2.97. The Balaban J connectivity index is 1.53. The van der Waals surface area contributed by atoms with Crippen LogP contribution in [0.5, 0.6) is 0 Å². The van der Waals surface area contributed by atoms with Gasteiger partial charge in [0, 0.05) is 17.2 Å². The van der Waals surface area contributed by atoms with Crippen molar-refractivity contribution in [2.75, 3.05) is 12.3 Å². The molecule has 0 spiro atoms. The summed E-state index contributed by atoms with van der Waals surface area (Å²) in [6.07, 6.45) is 0. The molecule has 1 heterocycles. The number of fused-ring (bicyclic) bond motifs is 1. The van der Waals surface area contributed by atoms with E-state index in [0.717, 1.165) is 9.80 Å². The molecule has 140 valence electrons. The molecule has 1 atom stereocenters. The third-order valence-electron chi connectivity index (χ3n) is 4.74. The molecule has 3 rings (SSSR count). The van der Waals surface area contributed by atoms with Gasteiger partial charge in [-0.2, -0.15) is 0 Å². The first kappa shape index (κ1) is 19.2. The summed E-state index contributed by atoms with van der Waals surface area (Å²) < 4.78 is 0. The van der Waals surface area contributed by atoms with E-state index >= 15 is 0 Å². The van der Waals surface area contributed by atoms with Gasteiger partial charge in [-0.3, -0.25) is 19.3 Å². The summed E-state index contributed by atoms with van der Waals surface area (Å²) in [5, 5.41) is 2.82. The van der Waals surface area contributed by atoms with E-state index in [4.69, 9.17) is 0 Å². The van der Waals surface area contributed by atoms with Gasteiger partial charge in [0.1, 0.15) is 6.04 Å². The summed E-state index contributed by atoms with van der Waals surface area (Å²) in [5.41, 5.74) is 3.20. The molecule has 0 radical (unpaired) electrons. The van der Waals surface area contributed by atoms with Gasteiger partial charge < -0.3 is 5.32 Å². The van der Waals surface area contributed by atoms with Crippen LogP contribution in [0, 0.1) is 13.8 Å². The lowest BCUT2D eigenvalue weighted by Gasteiger charge is -2.21. The van der Waals surface area contributed by atoms with E-state index in [1.54, 1.807) is 43.0 Å². The van der Waals surface area contributed by atoms with Crippen LogP contribution in [0.1, 0.15) is 38.8 Å². The predicted octanol–water partition coefficient (Wildman–Crippen LogP) is 3.20. The number of thioether (sulfide) groups is 1. The third-order valence-corrected chi connectivity index (χ3v) is 5.74. The number of nitrogens with zero attached hydrogens (tertiary/aromatic N) is 1. The molecule has 1 aliphatic heterocycles. The van der Waals surface area contributed by atoms with Crippen molar-refractivity contribution in [1.82, 2.24) is 10.2 Å². The van der Waals surface area contributed by atoms with Crippen LogP contribution in [0.3, 0.4) is 0 Å². The van der Waals surface area contributed by atoms with Crippen LogP contribution in [0.4, 0.5) is 0 Å². The van der Waals surface area contributed by atoms with Crippen molar-refractivity contribution in [2.45, 2.75) is 31.7 Å². The minimum Gasteiger partial charge on any atom is -0.353 e. The van der Waals surface area contributed by atoms with E-state index < -0.39 is 17.9 Å². The molecule has 0 saturated heterocycles. The van der Waals surface area contributed by atoms with Crippen LogP contribution in [0.2, 0.25) is 0 Å². The standard InChI is InChI=1S/C21H22N2O3S/c1-13-8-9-16(12-14(13)2)27-11-10-22-19(24)15(3)23-20(25)17-6-4-5-7-18(17)21(23)26/h4-9,12,15H,10-11H2,1-3H3,(H,22,24)/t15-/m0/s1. The summed E-state index contributed by atoms with van der Waals surface area (Å²) in [4.78, 5) is 39.5. The van der Waals surface area contributed by atoms with Gasteiger partial charge in [0.25, 0.3) is 11.8 Å². The van der Waals surface area contributed by atoms with E-state index in [2.05, 4.69) is 37.4 Å². The number of rotatable bonds is 6. The fraction of sp³-hybridized carbons (Fsp3) is 0.286. The average molecular weight is 382 g/mol. The third kappa shape index (κ3) is 3.90. The molecular weight excluding hydrogens is 360 g/mol. The Bertz CT molecular complexity index is 875. The SMILES string of the molecule is Cc1ccc(SCCNC(=O)[C@H](C)N2C(=O)c3ccccc3C2=O)cc1C. The van der Waals surface area contributed by atoms with Crippen molar-refractivity contribution in [2.24, 2.45) is 0 Å². The Labute approximate surface area is 163 Å². The van der Waals surface area contributed by atoms with Crippen molar-refractivity contribution < 1.29 is 14.4 Å². The molecule has 1 N–H and O–H groups in total. The summed E-state index contributed by atoms with van der Waals surface area (Å²) in [5.74, 6) is -0.445. The second-order valence-corrected chi connectivity index (χ2v) is 7.76. The van der Waals surface area contributed by atoms with Crippen LogP contribution >= 0.6 is 11.8 Å². The number of nitrogens with one attached hydrogen (secondary N) is 1. The Morgan fingerprint density at radius 1 is 1.04 bits per heavy atom. The van der Waals surface area contributed by atoms with Gasteiger partial charge in [-0.25, -0.2) is 0 Å². The number of carbonyl (C=O) groups excluding carboxylic acids is 3. The van der Waals surface area contributed by atoms with Crippen molar-refractivity contribution in [3.63, 3.8) is 0 Å². The highest BCUT2D eigenvalue weighted by Crippen LogP contribution is 2.24. The second kappa shape index (κ2) is 7.96. The van der Waals surface area contributed by atoms with Crippen LogP contribution < -0.4 is 5.32 Å². The topological polar surface area (TPSA) is 66.5 Å². The largest absolute Gasteiger partial charge is 0.353 e. The smallest absolute Gasteiger partial charge is 0.262 e. The van der Waals surface area contributed by atoms with Gasteiger partial charge in [0.15, 0.2) is 0 Å². The lowest BCUT2D eigenvalue weighted by Crippen LogP contribution is -2.48. The first-order chi connectivity index (χ1) is 12.9. The molecule has 0 saturated carbocycles. The number of imide groups is 1. The van der Waals surface area contributed by atoms with Crippen LogP contribution in [-0.4, -0.2) is 41.0 Å². The summed E-state index contributed by atoms with van der Waals surface area (Å²) in [6, 6.07) is 12.1. The first-order valence-corrected chi connectivity index (χ1v) is 9.83. The zero-order valence-corrected chi connectivity index (χ0v) is 16.4. The van der Waals surface area contributed by atoms with E-state index in [1.807, 2.05) is 0 Å². The van der Waals surface area contributed by atoms with E-state index in [1.165, 1.54) is 11.1 Å². The van der Waals surface area contributed by atoms with Crippen LogP contribution in [0.25, 0.3) is 0 Å². The van der Waals surface area contributed by atoms with Crippen molar-refractivity contribution in [1.29, 1.82) is 0 Å². The van der Waals surface area contributed by atoms with Gasteiger partial charge >= 0.3 is 0 Å². The number of amides is 3. The molecule has 3 amide bonds. The lowest BCUT2D eigenvalue weighted by atomic mass is 10.1. The summed E-state index contributed by atoms with van der Waals surface area (Å²) in [7, 11) is 0. The van der Waals surface area contributed by atoms with Gasteiger partial charge in [0.05, 0.1) is 11.1 Å². The number of aryl methyl sites for hydroxylation is 2. The summed E-state index contributed by atoms with van der Waals surface area (Å²) >= 11 is 1.66. The molecule has 0 aliphatic carbocycles. The quantitative estimate of drug-likeness (QED) is 0.473. The maximum Gasteiger partial charge on any atom is 0.262 e. The number of hydrogen-bond acceptors (Lipinski definition) is 4. The highest BCUT2D eigenvalue weighted by Gasteiger charge is 2.40. The molecule has 0 unspecified atom stereocenters. The van der Waals surface area contributed by atoms with E-state index in [9.17, 15) is 14.4 Å². The zero-order valence-electron chi connectivity index (χ0n) is 15.6. The van der Waals surface area contributed by atoms with Gasteiger partial charge in [-0.05, 0) is 56.2 Å². The number of carbonyl (C=O) groups is 3. The van der Waals surface area contributed by atoms with Crippen molar-refractivity contribution in [3.05, 3.63) is 64.7 Å². The minimum atomic E-state index is -0.844. The van der Waals surface area contributed by atoms with Crippen LogP contribution in [0.15, 0.2) is 47.4 Å². The average Bonchev–Trinajstić information content (AvgIpc) is 2.92. The maximum absolute atomic E-state index is 12.4. The Morgan fingerprint density at radius 2 is 1.67 bits per heavy atom. The van der Waals surface area contributed by atoms with E-state index in [0.29, 0.717) is 23.4 Å². The van der Waals surface area contributed by atoms with Gasteiger partial charge in [-0.15, -0.1) is 11.8 Å². The molecule has 0 aromatic heterocycles. The minimum absolute atomic E-state index is 0.329. The zero-order chi connectivity index (χ0) is 19.6. The van der Waals surface area contributed by atoms with Crippen molar-refractivity contribution >= 4 is 29.5 Å². The number of benzene rings is 2. The molecule has 2 aromatic carbocycles. The second-order valence-electron chi connectivity index (χ2n) is 6.59. The highest BCUT2D eigenvalue weighted by atomic mass is 32.2. The molecular formula is C21H22N2O3S. The highest BCUT2D eigenvalue weighted by molar-refractivity contribution is 7.99. The Hall–Kier alpha value is -2.60. The van der Waals surface area contributed by atoms with Crippen molar-refractivity contribution in [3.8, 4) is 0 Å². The fourth-order valence-corrected chi connectivity index (χ4v) is 3.84. The maximum atomic E-state index is 12.4. The Morgan fingerprint density at radius 3 is 2.26 bits per heavy atom. The Kier molecular flexibility index (Phi) is 5.65. The molecule has 0 fully saturated rings. The molecule has 27 heavy (non-hydrogen) atoms. The predicted molar refractivity (Wildman–Crippen MR) is 106 cm³/mol. The normalized spacial score (nSPS) is 14.3.